The van der Waals surface area contributed by atoms with Crippen molar-refractivity contribution in [3.05, 3.63) is 74.9 Å². The number of amides is 1. The average Bonchev–Trinajstić information content (AvgIpc) is 3.40. The van der Waals surface area contributed by atoms with Gasteiger partial charge in [0.15, 0.2) is 0 Å². The van der Waals surface area contributed by atoms with Crippen LogP contribution in [0, 0.1) is 13.8 Å². The van der Waals surface area contributed by atoms with Crippen LogP contribution in [0.15, 0.2) is 64.6 Å². The number of thiophene rings is 1. The first-order chi connectivity index (χ1) is 15.2. The highest BCUT2D eigenvalue weighted by molar-refractivity contribution is 7.92. The number of halogens is 1. The zero-order valence-electron chi connectivity index (χ0n) is 17.3. The summed E-state index contributed by atoms with van der Waals surface area (Å²) < 4.78 is 28.8. The van der Waals surface area contributed by atoms with Gasteiger partial charge in [0.25, 0.3) is 15.9 Å². The zero-order chi connectivity index (χ0) is 22.9. The van der Waals surface area contributed by atoms with Gasteiger partial charge in [0, 0.05) is 12.1 Å². The molecule has 2 N–H and O–H groups in total. The Hall–Kier alpha value is -2.88. The maximum atomic E-state index is 12.8. The lowest BCUT2D eigenvalue weighted by Crippen LogP contribution is -2.28. The number of carbonyl (C=O) groups is 1. The number of para-hydroxylation sites is 1. The van der Waals surface area contributed by atoms with Gasteiger partial charge >= 0.3 is 0 Å². The second-order valence-corrected chi connectivity index (χ2v) is 10.7. The minimum absolute atomic E-state index is 0.0930. The third-order valence-electron chi connectivity index (χ3n) is 4.97. The molecule has 1 amide bonds. The molecule has 4 rings (SSSR count). The quantitative estimate of drug-likeness (QED) is 0.512. The van der Waals surface area contributed by atoms with Gasteiger partial charge in [-0.1, -0.05) is 35.0 Å². The maximum Gasteiger partial charge on any atom is 0.268 e. The molecule has 1 atom stereocenters. The van der Waals surface area contributed by atoms with Crippen molar-refractivity contribution < 1.29 is 18.0 Å². The summed E-state index contributed by atoms with van der Waals surface area (Å²) >= 11 is 7.32. The number of hydrogen-bond donors (Lipinski definition) is 2. The molecule has 2 heterocycles. The molecule has 0 spiro atoms. The molecule has 1 aliphatic heterocycles. The van der Waals surface area contributed by atoms with E-state index in [1.807, 2.05) is 38.1 Å². The first kappa shape index (κ1) is 22.3. The molecule has 0 fully saturated rings. The highest BCUT2D eigenvalue weighted by Gasteiger charge is 2.29. The summed E-state index contributed by atoms with van der Waals surface area (Å²) in [5, 5.41) is 6.72. The Morgan fingerprint density at radius 3 is 2.41 bits per heavy atom. The van der Waals surface area contributed by atoms with E-state index in [2.05, 4.69) is 15.2 Å². The van der Waals surface area contributed by atoms with Crippen LogP contribution in [0.4, 0.5) is 11.4 Å². The topological polar surface area (TPSA) is 96.9 Å². The third-order valence-corrected chi connectivity index (χ3v) is 7.61. The van der Waals surface area contributed by atoms with E-state index < -0.39 is 16.1 Å². The van der Waals surface area contributed by atoms with Crippen LogP contribution in [-0.4, -0.2) is 26.1 Å². The molecular formula is C22H20ClN3O4S2. The van der Waals surface area contributed by atoms with Gasteiger partial charge in [0.1, 0.15) is 5.71 Å². The minimum atomic E-state index is -3.77. The minimum Gasteiger partial charge on any atom is -0.382 e. The van der Waals surface area contributed by atoms with Gasteiger partial charge in [-0.25, -0.2) is 8.42 Å². The van der Waals surface area contributed by atoms with E-state index >= 15 is 0 Å². The Labute approximate surface area is 195 Å². The highest BCUT2D eigenvalue weighted by atomic mass is 35.5. The summed E-state index contributed by atoms with van der Waals surface area (Å²) in [6.07, 6.45) is -0.436. The van der Waals surface area contributed by atoms with Crippen molar-refractivity contribution in [2.24, 2.45) is 5.16 Å². The van der Waals surface area contributed by atoms with Crippen LogP contribution < -0.4 is 10.0 Å². The third kappa shape index (κ3) is 4.79. The Bertz CT molecular complexity index is 1280. The summed E-state index contributed by atoms with van der Waals surface area (Å²) in [6.45, 7) is 3.69. The van der Waals surface area contributed by atoms with Crippen molar-refractivity contribution in [3.8, 4) is 0 Å². The summed E-state index contributed by atoms with van der Waals surface area (Å²) in [5.74, 6) is -0.365. The number of nitrogens with one attached hydrogen (secondary N) is 2. The molecule has 0 saturated heterocycles. The van der Waals surface area contributed by atoms with E-state index in [4.69, 9.17) is 16.4 Å². The first-order valence-electron chi connectivity index (χ1n) is 9.71. The number of rotatable bonds is 6. The lowest BCUT2D eigenvalue weighted by atomic mass is 10.1. The predicted octanol–water partition coefficient (Wildman–Crippen LogP) is 4.95. The Kier molecular flexibility index (Phi) is 6.23. The van der Waals surface area contributed by atoms with Gasteiger partial charge in [0.05, 0.1) is 19.8 Å². The molecule has 1 aliphatic rings. The van der Waals surface area contributed by atoms with Crippen LogP contribution in [0.5, 0.6) is 0 Å². The summed E-state index contributed by atoms with van der Waals surface area (Å²) in [7, 11) is -3.77. The SMILES string of the molecule is Cc1cccc(C)c1NS(=O)(=O)c1ccc(NC(=O)C2CC(c3ccc(Cl)s3)=NO2)cc1. The van der Waals surface area contributed by atoms with Gasteiger partial charge in [0.2, 0.25) is 6.10 Å². The van der Waals surface area contributed by atoms with Crippen molar-refractivity contribution >= 4 is 56.0 Å². The lowest BCUT2D eigenvalue weighted by Gasteiger charge is -2.14. The van der Waals surface area contributed by atoms with Gasteiger partial charge in [-0.3, -0.25) is 9.52 Å². The smallest absolute Gasteiger partial charge is 0.268 e. The molecule has 2 aromatic carbocycles. The van der Waals surface area contributed by atoms with Crippen molar-refractivity contribution in [2.45, 2.75) is 31.3 Å². The van der Waals surface area contributed by atoms with E-state index in [1.165, 1.54) is 35.6 Å². The largest absolute Gasteiger partial charge is 0.382 e. The second kappa shape index (κ2) is 8.93. The second-order valence-electron chi connectivity index (χ2n) is 7.33. The molecule has 3 aromatic rings. The van der Waals surface area contributed by atoms with Gasteiger partial charge in [-0.15, -0.1) is 11.3 Å². The van der Waals surface area contributed by atoms with E-state index in [9.17, 15) is 13.2 Å². The van der Waals surface area contributed by atoms with Crippen LogP contribution >= 0.6 is 22.9 Å². The van der Waals surface area contributed by atoms with Gasteiger partial charge in [-0.05, 0) is 61.4 Å². The van der Waals surface area contributed by atoms with Crippen LogP contribution in [0.2, 0.25) is 4.34 Å². The first-order valence-corrected chi connectivity index (χ1v) is 12.4. The standard InChI is InChI=1S/C22H20ClN3O4S2/c1-13-4-3-5-14(2)21(13)26-32(28,29)16-8-6-15(7-9-16)24-22(27)18-12-17(25-30-18)19-10-11-20(23)31-19/h3-11,18,26H,12H2,1-2H3,(H,24,27). The highest BCUT2D eigenvalue weighted by Crippen LogP contribution is 2.27. The van der Waals surface area contributed by atoms with Crippen LogP contribution in [0.1, 0.15) is 22.4 Å². The molecule has 166 valence electrons. The molecular weight excluding hydrogens is 470 g/mol. The summed E-state index contributed by atoms with van der Waals surface area (Å²) in [4.78, 5) is 18.7. The molecule has 0 radical (unpaired) electrons. The number of anilines is 2. The summed E-state index contributed by atoms with van der Waals surface area (Å²) in [5.41, 5.74) is 3.35. The number of hydrogen-bond acceptors (Lipinski definition) is 6. The Morgan fingerprint density at radius 1 is 1.09 bits per heavy atom. The zero-order valence-corrected chi connectivity index (χ0v) is 19.6. The van der Waals surface area contributed by atoms with E-state index in [0.717, 1.165) is 16.0 Å². The predicted molar refractivity (Wildman–Crippen MR) is 127 cm³/mol. The monoisotopic (exact) mass is 489 g/mol. The molecule has 7 nitrogen and oxygen atoms in total. The van der Waals surface area contributed by atoms with E-state index in [1.54, 1.807) is 6.07 Å². The molecule has 0 bridgehead atoms. The molecule has 1 aromatic heterocycles. The Morgan fingerprint density at radius 2 is 1.78 bits per heavy atom. The maximum absolute atomic E-state index is 12.8. The van der Waals surface area contributed by atoms with Crippen LogP contribution in [-0.2, 0) is 19.7 Å². The van der Waals surface area contributed by atoms with Crippen LogP contribution in [0.25, 0.3) is 0 Å². The van der Waals surface area contributed by atoms with Crippen molar-refractivity contribution in [1.29, 1.82) is 0 Å². The number of benzene rings is 2. The van der Waals surface area contributed by atoms with E-state index in [-0.39, 0.29) is 10.8 Å². The number of nitrogens with zero attached hydrogens (tertiary/aromatic N) is 1. The lowest BCUT2D eigenvalue weighted by molar-refractivity contribution is -0.125. The van der Waals surface area contributed by atoms with Gasteiger partial charge in [-0.2, -0.15) is 0 Å². The summed E-state index contributed by atoms with van der Waals surface area (Å²) in [6, 6.07) is 15.1. The molecule has 1 unspecified atom stereocenters. The normalized spacial score (nSPS) is 15.7. The van der Waals surface area contributed by atoms with E-state index in [0.29, 0.717) is 27.8 Å². The molecule has 10 heteroatoms. The molecule has 0 aliphatic carbocycles. The number of sulfonamides is 1. The van der Waals surface area contributed by atoms with Crippen LogP contribution in [0.3, 0.4) is 0 Å². The average molecular weight is 490 g/mol. The molecule has 32 heavy (non-hydrogen) atoms. The Balaban J connectivity index is 1.40. The number of aryl methyl sites for hydroxylation is 2. The van der Waals surface area contributed by atoms with Crippen molar-refractivity contribution in [3.63, 3.8) is 0 Å². The number of carbonyl (C=O) groups excluding carboxylic acids is 1. The van der Waals surface area contributed by atoms with Gasteiger partial charge < -0.3 is 10.2 Å². The fraction of sp³-hybridized carbons (Fsp3) is 0.182. The number of oxime groups is 1. The van der Waals surface area contributed by atoms with Crippen molar-refractivity contribution in [1.82, 2.24) is 0 Å². The fourth-order valence-corrected chi connectivity index (χ4v) is 5.48. The fourth-order valence-electron chi connectivity index (χ4n) is 3.24. The van der Waals surface area contributed by atoms with Crippen molar-refractivity contribution in [2.75, 3.05) is 10.0 Å². The molecule has 0 saturated carbocycles.